The van der Waals surface area contributed by atoms with E-state index in [-0.39, 0.29) is 22.5 Å². The van der Waals surface area contributed by atoms with Gasteiger partial charge in [-0.15, -0.1) is 0 Å². The van der Waals surface area contributed by atoms with Crippen LogP contribution in [0.5, 0.6) is 11.5 Å². The van der Waals surface area contributed by atoms with E-state index in [4.69, 9.17) is 14.5 Å². The molecule has 38 heavy (non-hydrogen) atoms. The fourth-order valence-corrected chi connectivity index (χ4v) is 5.80. The number of aromatic nitrogens is 1. The van der Waals surface area contributed by atoms with Crippen molar-refractivity contribution in [2.45, 2.75) is 39.3 Å². The molecule has 0 bridgehead atoms. The number of rotatable bonds is 9. The molecular formula is C27H25BrF2N2O5S. The van der Waals surface area contributed by atoms with Crippen molar-refractivity contribution in [1.29, 1.82) is 0 Å². The van der Waals surface area contributed by atoms with Gasteiger partial charge in [-0.25, -0.2) is 9.79 Å². The van der Waals surface area contributed by atoms with Crippen LogP contribution in [0.15, 0.2) is 68.0 Å². The molecule has 7 nitrogen and oxygen atoms in total. The van der Waals surface area contributed by atoms with Crippen molar-refractivity contribution in [3.63, 3.8) is 0 Å². The van der Waals surface area contributed by atoms with Gasteiger partial charge in [-0.05, 0) is 59.1 Å². The minimum Gasteiger partial charge on any atom is -0.496 e. The number of fused-ring (bicyclic) bond motifs is 1. The first-order valence-electron chi connectivity index (χ1n) is 11.9. The van der Waals surface area contributed by atoms with Gasteiger partial charge in [0.15, 0.2) is 4.80 Å². The molecule has 2 heterocycles. The summed E-state index contributed by atoms with van der Waals surface area (Å²) in [5.41, 5.74) is 1.37. The highest BCUT2D eigenvalue weighted by atomic mass is 79.9. The van der Waals surface area contributed by atoms with Crippen LogP contribution in [-0.2, 0) is 9.53 Å². The Kier molecular flexibility index (Phi) is 8.78. The van der Waals surface area contributed by atoms with E-state index in [1.807, 2.05) is 6.92 Å². The lowest BCUT2D eigenvalue weighted by Crippen LogP contribution is -2.40. The summed E-state index contributed by atoms with van der Waals surface area (Å²) in [5, 5.41) is 0. The summed E-state index contributed by atoms with van der Waals surface area (Å²) in [6.45, 7) is 0.833. The molecule has 0 saturated carbocycles. The van der Waals surface area contributed by atoms with Crippen molar-refractivity contribution in [1.82, 2.24) is 4.57 Å². The molecule has 0 radical (unpaired) electrons. The Morgan fingerprint density at radius 3 is 2.63 bits per heavy atom. The molecule has 0 saturated heterocycles. The molecule has 1 aliphatic rings. The van der Waals surface area contributed by atoms with Gasteiger partial charge in [-0.2, -0.15) is 8.78 Å². The monoisotopic (exact) mass is 606 g/mol. The van der Waals surface area contributed by atoms with Crippen LogP contribution in [0.2, 0.25) is 0 Å². The molecule has 4 rings (SSSR count). The van der Waals surface area contributed by atoms with Crippen LogP contribution in [0.3, 0.4) is 0 Å². The van der Waals surface area contributed by atoms with Crippen LogP contribution in [0.4, 0.5) is 8.78 Å². The molecule has 0 fully saturated rings. The first-order valence-corrected chi connectivity index (χ1v) is 13.5. The van der Waals surface area contributed by atoms with E-state index < -0.39 is 24.2 Å². The van der Waals surface area contributed by atoms with E-state index in [1.54, 1.807) is 50.4 Å². The zero-order valence-corrected chi connectivity index (χ0v) is 23.3. The van der Waals surface area contributed by atoms with Gasteiger partial charge in [-0.3, -0.25) is 9.36 Å². The summed E-state index contributed by atoms with van der Waals surface area (Å²) in [6.07, 6.45) is 2.71. The summed E-state index contributed by atoms with van der Waals surface area (Å²) in [7, 11) is 1.54. The van der Waals surface area contributed by atoms with Crippen LogP contribution in [0.25, 0.3) is 6.08 Å². The summed E-state index contributed by atoms with van der Waals surface area (Å²) in [4.78, 5) is 32.2. The number of alkyl halides is 2. The number of para-hydroxylation sites is 1. The van der Waals surface area contributed by atoms with Gasteiger partial charge in [0.1, 0.15) is 11.5 Å². The topological polar surface area (TPSA) is 79.1 Å². The molecule has 0 N–H and O–H groups in total. The fraction of sp³-hybridized carbons (Fsp3) is 0.296. The number of halogens is 3. The quantitative estimate of drug-likeness (QED) is 0.322. The van der Waals surface area contributed by atoms with Gasteiger partial charge in [-0.1, -0.05) is 48.9 Å². The van der Waals surface area contributed by atoms with Crippen molar-refractivity contribution in [3.8, 4) is 11.5 Å². The lowest BCUT2D eigenvalue weighted by Gasteiger charge is -2.26. The summed E-state index contributed by atoms with van der Waals surface area (Å²) in [5.74, 6) is -0.0169. The van der Waals surface area contributed by atoms with E-state index in [1.165, 1.54) is 16.7 Å². The highest BCUT2D eigenvalue weighted by molar-refractivity contribution is 9.10. The van der Waals surface area contributed by atoms with E-state index in [0.717, 1.165) is 11.3 Å². The number of benzene rings is 2. The third-order valence-corrected chi connectivity index (χ3v) is 7.41. The number of carbonyl (C=O) groups excluding carboxylic acids is 1. The lowest BCUT2D eigenvalue weighted by atomic mass is 9.94. The maximum absolute atomic E-state index is 13.8. The zero-order chi connectivity index (χ0) is 27.4. The van der Waals surface area contributed by atoms with Crippen LogP contribution >= 0.6 is 27.3 Å². The predicted molar refractivity (Wildman–Crippen MR) is 143 cm³/mol. The Balaban J connectivity index is 1.99. The molecule has 1 atom stereocenters. The summed E-state index contributed by atoms with van der Waals surface area (Å²) < 4.78 is 43.6. The highest BCUT2D eigenvalue weighted by Crippen LogP contribution is 2.36. The second kappa shape index (κ2) is 12.0. The largest absolute Gasteiger partial charge is 0.496 e. The number of allylic oxidation sites excluding steroid dienone is 1. The van der Waals surface area contributed by atoms with Crippen LogP contribution < -0.4 is 24.4 Å². The smallest absolute Gasteiger partial charge is 0.387 e. The summed E-state index contributed by atoms with van der Waals surface area (Å²) >= 11 is 4.61. The Hall–Kier alpha value is -3.31. The SMILES string of the molecule is CCCC1=C(C(=O)OCC)[C@H](c2ccc(OC)c(Br)c2)n2c(s/c(=C/c3ccccc3OC(F)F)c2=O)=N1. The van der Waals surface area contributed by atoms with Gasteiger partial charge < -0.3 is 14.2 Å². The maximum atomic E-state index is 13.8. The molecular weight excluding hydrogens is 582 g/mol. The molecule has 3 aromatic rings. The number of carbonyl (C=O) groups is 1. The van der Waals surface area contributed by atoms with Gasteiger partial charge in [0.25, 0.3) is 5.56 Å². The lowest BCUT2D eigenvalue weighted by molar-refractivity contribution is -0.139. The first-order chi connectivity index (χ1) is 18.3. The van der Waals surface area contributed by atoms with Crippen LogP contribution in [-0.4, -0.2) is 30.9 Å². The van der Waals surface area contributed by atoms with E-state index in [9.17, 15) is 18.4 Å². The van der Waals surface area contributed by atoms with Crippen molar-refractivity contribution in [2.24, 2.45) is 4.99 Å². The Bertz CT molecular complexity index is 1560. The average Bonchev–Trinajstić information content (AvgIpc) is 3.18. The Morgan fingerprint density at radius 1 is 1.21 bits per heavy atom. The van der Waals surface area contributed by atoms with Crippen LogP contribution in [0.1, 0.15) is 43.9 Å². The van der Waals surface area contributed by atoms with E-state index in [0.29, 0.717) is 44.7 Å². The standard InChI is InChI=1S/C27H25BrF2N2O5S/c1-4-8-18-22(25(34)36-5-2)23(16-11-12-20(35-3)17(28)13-16)32-24(33)21(38-27(32)31-18)14-15-9-6-7-10-19(15)37-26(29)30/h6-7,9-14,23,26H,4-5,8H2,1-3H3/b21-14+/t23-/m0/s1. The second-order valence-electron chi connectivity index (χ2n) is 8.22. The minimum absolute atomic E-state index is 0.0529. The number of thiazole rings is 1. The van der Waals surface area contributed by atoms with Gasteiger partial charge in [0.2, 0.25) is 0 Å². The number of hydrogen-bond donors (Lipinski definition) is 0. The third kappa shape index (κ3) is 5.58. The molecule has 0 unspecified atom stereocenters. The van der Waals surface area contributed by atoms with E-state index >= 15 is 0 Å². The molecule has 0 spiro atoms. The van der Waals surface area contributed by atoms with Gasteiger partial charge in [0.05, 0.1) is 40.0 Å². The Morgan fingerprint density at radius 2 is 1.97 bits per heavy atom. The molecule has 1 aromatic heterocycles. The van der Waals surface area contributed by atoms with Gasteiger partial charge >= 0.3 is 12.6 Å². The van der Waals surface area contributed by atoms with Crippen molar-refractivity contribution in [3.05, 3.63) is 89.0 Å². The first kappa shape index (κ1) is 27.7. The van der Waals surface area contributed by atoms with Crippen molar-refractivity contribution >= 4 is 39.3 Å². The number of methoxy groups -OCH3 is 1. The average molecular weight is 607 g/mol. The predicted octanol–water partition coefficient (Wildman–Crippen LogP) is 4.95. The number of nitrogens with zero attached hydrogens (tertiary/aromatic N) is 2. The maximum Gasteiger partial charge on any atom is 0.387 e. The molecule has 2 aromatic carbocycles. The van der Waals surface area contributed by atoms with E-state index in [2.05, 4.69) is 20.7 Å². The number of esters is 1. The molecule has 0 amide bonds. The fourth-order valence-electron chi connectivity index (χ4n) is 4.23. The molecule has 11 heteroatoms. The normalized spacial score (nSPS) is 15.3. The third-order valence-electron chi connectivity index (χ3n) is 5.81. The van der Waals surface area contributed by atoms with Gasteiger partial charge in [0, 0.05) is 5.56 Å². The highest BCUT2D eigenvalue weighted by Gasteiger charge is 2.34. The second-order valence-corrected chi connectivity index (χ2v) is 10.1. The van der Waals surface area contributed by atoms with Crippen molar-refractivity contribution in [2.75, 3.05) is 13.7 Å². The number of ether oxygens (including phenoxy) is 3. The molecule has 200 valence electrons. The van der Waals surface area contributed by atoms with Crippen LogP contribution in [0, 0.1) is 0 Å². The molecule has 0 aliphatic carbocycles. The number of hydrogen-bond acceptors (Lipinski definition) is 7. The minimum atomic E-state index is -3.01. The molecule has 1 aliphatic heterocycles. The zero-order valence-electron chi connectivity index (χ0n) is 20.9. The van der Waals surface area contributed by atoms with Crippen molar-refractivity contribution < 1.29 is 27.8 Å². The summed E-state index contributed by atoms with van der Waals surface area (Å²) in [6, 6.07) is 10.7. The Labute approximate surface area is 229 Å².